The van der Waals surface area contributed by atoms with Gasteiger partial charge in [0.1, 0.15) is 12.4 Å². The molecule has 0 saturated heterocycles. The Balaban J connectivity index is 2.26. The van der Waals surface area contributed by atoms with E-state index in [-0.39, 0.29) is 5.78 Å². The van der Waals surface area contributed by atoms with Crippen molar-refractivity contribution >= 4 is 5.78 Å². The van der Waals surface area contributed by atoms with Crippen LogP contribution in [0.2, 0.25) is 0 Å². The van der Waals surface area contributed by atoms with Gasteiger partial charge in [-0.25, -0.2) is 0 Å². The lowest BCUT2D eigenvalue weighted by atomic mass is 9.91. The second-order valence-corrected chi connectivity index (χ2v) is 5.86. The quantitative estimate of drug-likeness (QED) is 0.579. The second kappa shape index (κ2) is 8.52. The van der Waals surface area contributed by atoms with Crippen LogP contribution in [0, 0.1) is 0 Å². The molecule has 0 fully saturated rings. The molecule has 0 amide bonds. The number of benzene rings is 2. The van der Waals surface area contributed by atoms with Gasteiger partial charge in [-0.3, -0.25) is 4.79 Å². The molecule has 0 saturated carbocycles. The molecule has 0 aromatic heterocycles. The molecule has 2 aromatic rings. The van der Waals surface area contributed by atoms with Crippen LogP contribution in [-0.2, 0) is 6.61 Å². The van der Waals surface area contributed by atoms with Gasteiger partial charge in [0.25, 0.3) is 0 Å². The Morgan fingerprint density at radius 3 is 2.30 bits per heavy atom. The molecule has 0 aliphatic rings. The molecule has 2 nitrogen and oxygen atoms in total. The minimum atomic E-state index is 0.169. The highest BCUT2D eigenvalue weighted by atomic mass is 16.5. The molecular weight excluding hydrogens is 284 g/mol. The van der Waals surface area contributed by atoms with Crippen LogP contribution in [0.25, 0.3) is 0 Å². The maximum absolute atomic E-state index is 12.1. The monoisotopic (exact) mass is 310 g/mol. The van der Waals surface area contributed by atoms with E-state index in [1.807, 2.05) is 49.4 Å². The number of carbonyl (C=O) groups excluding carboxylic acids is 1. The van der Waals surface area contributed by atoms with Gasteiger partial charge in [-0.15, -0.1) is 0 Å². The highest BCUT2D eigenvalue weighted by Gasteiger charge is 2.13. The van der Waals surface area contributed by atoms with Gasteiger partial charge in [0.15, 0.2) is 5.78 Å². The van der Waals surface area contributed by atoms with Crippen molar-refractivity contribution in [2.75, 3.05) is 0 Å². The minimum absolute atomic E-state index is 0.169. The summed E-state index contributed by atoms with van der Waals surface area (Å²) in [5.74, 6) is 1.43. The molecule has 0 heterocycles. The lowest BCUT2D eigenvalue weighted by Gasteiger charge is -2.16. The van der Waals surface area contributed by atoms with E-state index in [0.717, 1.165) is 29.7 Å². The van der Waals surface area contributed by atoms with E-state index in [2.05, 4.69) is 19.9 Å². The summed E-state index contributed by atoms with van der Waals surface area (Å²) in [6.07, 6.45) is 2.65. The Kier molecular flexibility index (Phi) is 6.40. The summed E-state index contributed by atoms with van der Waals surface area (Å²) in [4.78, 5) is 12.1. The molecule has 0 N–H and O–H groups in total. The van der Waals surface area contributed by atoms with Crippen molar-refractivity contribution in [3.8, 4) is 5.75 Å². The van der Waals surface area contributed by atoms with Gasteiger partial charge in [-0.2, -0.15) is 0 Å². The number of hydrogen-bond acceptors (Lipinski definition) is 2. The van der Waals surface area contributed by atoms with Crippen LogP contribution >= 0.6 is 0 Å². The third kappa shape index (κ3) is 4.69. The Labute approximate surface area is 139 Å². The third-order valence-corrected chi connectivity index (χ3v) is 4.28. The smallest absolute Gasteiger partial charge is 0.162 e. The Morgan fingerprint density at radius 1 is 1.00 bits per heavy atom. The molecule has 0 bridgehead atoms. The normalized spacial score (nSPS) is 10.8. The van der Waals surface area contributed by atoms with Crippen molar-refractivity contribution in [2.45, 2.75) is 52.6 Å². The first-order chi connectivity index (χ1) is 11.2. The summed E-state index contributed by atoms with van der Waals surface area (Å²) in [5, 5.41) is 0. The summed E-state index contributed by atoms with van der Waals surface area (Å²) >= 11 is 0. The van der Waals surface area contributed by atoms with E-state index in [0.29, 0.717) is 18.9 Å². The van der Waals surface area contributed by atoms with Crippen LogP contribution < -0.4 is 4.74 Å². The highest BCUT2D eigenvalue weighted by molar-refractivity contribution is 5.96. The standard InChI is InChI=1S/C21H26O2/c1-4-17(5-2)18-12-19(21(22)6-3)14-20(13-18)23-15-16-10-8-7-9-11-16/h7-14,17H,4-6,15H2,1-3H3. The molecule has 0 spiro atoms. The summed E-state index contributed by atoms with van der Waals surface area (Å²) in [5.41, 5.74) is 3.10. The van der Waals surface area contributed by atoms with Crippen molar-refractivity contribution in [1.29, 1.82) is 0 Å². The Hall–Kier alpha value is -2.09. The maximum atomic E-state index is 12.1. The number of rotatable bonds is 8. The molecule has 0 aliphatic heterocycles. The number of Topliss-reactive ketones (excluding diaryl/α,β-unsaturated/α-hetero) is 1. The lowest BCUT2D eigenvalue weighted by molar-refractivity contribution is 0.0987. The van der Waals surface area contributed by atoms with E-state index in [4.69, 9.17) is 4.74 Å². The number of hydrogen-bond donors (Lipinski definition) is 0. The van der Waals surface area contributed by atoms with Crippen molar-refractivity contribution in [1.82, 2.24) is 0 Å². The predicted molar refractivity (Wildman–Crippen MR) is 95.2 cm³/mol. The van der Waals surface area contributed by atoms with Gasteiger partial charge >= 0.3 is 0 Å². The average Bonchev–Trinajstić information content (AvgIpc) is 2.61. The highest BCUT2D eigenvalue weighted by Crippen LogP contribution is 2.29. The minimum Gasteiger partial charge on any atom is -0.489 e. The van der Waals surface area contributed by atoms with Gasteiger partial charge < -0.3 is 4.74 Å². The fourth-order valence-electron chi connectivity index (χ4n) is 2.81. The van der Waals surface area contributed by atoms with Crippen LogP contribution in [0.5, 0.6) is 5.75 Å². The van der Waals surface area contributed by atoms with Gasteiger partial charge in [-0.1, -0.05) is 51.1 Å². The summed E-state index contributed by atoms with van der Waals surface area (Å²) in [7, 11) is 0. The average molecular weight is 310 g/mol. The van der Waals surface area contributed by atoms with E-state index < -0.39 is 0 Å². The van der Waals surface area contributed by atoms with Crippen molar-refractivity contribution in [3.05, 3.63) is 65.2 Å². The van der Waals surface area contributed by atoms with Crippen molar-refractivity contribution in [2.24, 2.45) is 0 Å². The number of ether oxygens (including phenoxy) is 1. The molecule has 122 valence electrons. The second-order valence-electron chi connectivity index (χ2n) is 5.86. The molecule has 2 rings (SSSR count). The number of carbonyl (C=O) groups is 1. The fraction of sp³-hybridized carbons (Fsp3) is 0.381. The molecular formula is C21H26O2. The summed E-state index contributed by atoms with van der Waals surface area (Å²) in [6.45, 7) is 6.80. The first-order valence-electron chi connectivity index (χ1n) is 8.52. The maximum Gasteiger partial charge on any atom is 0.162 e. The van der Waals surface area contributed by atoms with Gasteiger partial charge in [0.05, 0.1) is 0 Å². The van der Waals surface area contributed by atoms with Crippen LogP contribution in [0.15, 0.2) is 48.5 Å². The Morgan fingerprint density at radius 2 is 1.70 bits per heavy atom. The number of ketones is 1. The van der Waals surface area contributed by atoms with Gasteiger partial charge in [0, 0.05) is 12.0 Å². The van der Waals surface area contributed by atoms with Crippen LogP contribution in [0.3, 0.4) is 0 Å². The molecule has 0 unspecified atom stereocenters. The zero-order chi connectivity index (χ0) is 16.7. The van der Waals surface area contributed by atoms with Crippen LogP contribution in [0.1, 0.15) is 67.4 Å². The predicted octanol–water partition coefficient (Wildman–Crippen LogP) is 5.76. The third-order valence-electron chi connectivity index (χ3n) is 4.28. The van der Waals surface area contributed by atoms with Crippen LogP contribution in [-0.4, -0.2) is 5.78 Å². The summed E-state index contributed by atoms with van der Waals surface area (Å²) < 4.78 is 5.95. The molecule has 23 heavy (non-hydrogen) atoms. The van der Waals surface area contributed by atoms with E-state index in [1.165, 1.54) is 5.56 Å². The summed E-state index contributed by atoms with van der Waals surface area (Å²) in [6, 6.07) is 16.1. The first kappa shape index (κ1) is 17.3. The first-order valence-corrected chi connectivity index (χ1v) is 8.52. The van der Waals surface area contributed by atoms with E-state index in [9.17, 15) is 4.79 Å². The fourth-order valence-corrected chi connectivity index (χ4v) is 2.81. The van der Waals surface area contributed by atoms with E-state index in [1.54, 1.807) is 0 Å². The SMILES string of the molecule is CCC(=O)c1cc(OCc2ccccc2)cc(C(CC)CC)c1. The molecule has 0 atom stereocenters. The molecule has 0 radical (unpaired) electrons. The molecule has 2 heteroatoms. The Bertz CT molecular complexity index is 628. The van der Waals surface area contributed by atoms with Crippen molar-refractivity contribution in [3.63, 3.8) is 0 Å². The van der Waals surface area contributed by atoms with Crippen molar-refractivity contribution < 1.29 is 9.53 Å². The van der Waals surface area contributed by atoms with Crippen LogP contribution in [0.4, 0.5) is 0 Å². The topological polar surface area (TPSA) is 26.3 Å². The molecule has 2 aromatic carbocycles. The lowest BCUT2D eigenvalue weighted by Crippen LogP contribution is -2.04. The zero-order valence-electron chi connectivity index (χ0n) is 14.3. The zero-order valence-corrected chi connectivity index (χ0v) is 14.3. The largest absolute Gasteiger partial charge is 0.489 e. The van der Waals surface area contributed by atoms with E-state index >= 15 is 0 Å². The molecule has 0 aliphatic carbocycles. The van der Waals surface area contributed by atoms with Gasteiger partial charge in [-0.05, 0) is 48.1 Å². The van der Waals surface area contributed by atoms with Gasteiger partial charge in [0.2, 0.25) is 0 Å².